The fraction of sp³-hybridized carbons (Fsp3) is 0.227. The third kappa shape index (κ3) is 11.3. The van der Waals surface area contributed by atoms with Crippen molar-refractivity contribution in [2.75, 3.05) is 24.7 Å². The number of ether oxygens (including phenoxy) is 5. The van der Waals surface area contributed by atoms with Gasteiger partial charge >= 0.3 is 18.3 Å². The van der Waals surface area contributed by atoms with Gasteiger partial charge in [0.05, 0.1) is 4.92 Å². The van der Waals surface area contributed by atoms with Crippen LogP contribution in [0, 0.1) is 10.1 Å². The second-order valence-electron chi connectivity index (χ2n) is 6.25. The number of benzene rings is 2. The highest BCUT2D eigenvalue weighted by atomic mass is 33.1. The Morgan fingerprint density at radius 3 is 1.89 bits per heavy atom. The molecule has 0 heterocycles. The van der Waals surface area contributed by atoms with Crippen LogP contribution >= 0.6 is 21.6 Å². The van der Waals surface area contributed by atoms with Crippen LogP contribution < -0.4 is 9.47 Å². The van der Waals surface area contributed by atoms with Gasteiger partial charge in [-0.2, -0.15) is 0 Å². The molecule has 0 aromatic heterocycles. The van der Waals surface area contributed by atoms with Crippen molar-refractivity contribution in [2.45, 2.75) is 6.61 Å². The second-order valence-corrected chi connectivity index (χ2v) is 8.95. The summed E-state index contributed by atoms with van der Waals surface area (Å²) in [5.74, 6) is 1.01. The lowest BCUT2D eigenvalue weighted by Gasteiger charge is -2.08. The van der Waals surface area contributed by atoms with Crippen LogP contribution in [-0.2, 0) is 25.6 Å². The molecule has 0 N–H and O–H groups in total. The largest absolute Gasteiger partial charge is 0.514 e. The molecular formula is C22H21NO10S2. The molecule has 0 spiro atoms. The highest BCUT2D eigenvalue weighted by molar-refractivity contribution is 8.76. The van der Waals surface area contributed by atoms with Gasteiger partial charge in [-0.1, -0.05) is 40.3 Å². The first-order valence-corrected chi connectivity index (χ1v) is 12.4. The minimum atomic E-state index is -0.975. The van der Waals surface area contributed by atoms with Crippen LogP contribution in [-0.4, -0.2) is 47.9 Å². The molecule has 2 aromatic rings. The fourth-order valence-corrected chi connectivity index (χ4v) is 3.85. The lowest BCUT2D eigenvalue weighted by atomic mass is 10.2. The molecule has 0 aliphatic carbocycles. The molecule has 0 saturated heterocycles. The van der Waals surface area contributed by atoms with E-state index in [1.165, 1.54) is 58.0 Å². The summed E-state index contributed by atoms with van der Waals surface area (Å²) < 4.78 is 24.8. The Morgan fingerprint density at radius 2 is 1.34 bits per heavy atom. The SMILES string of the molecule is C=CC(=O)OCCSSCCOC(=O)Oc1ccc(COC(=O)Oc2ccc([N+](=O)[O-])cc2)cc1. The van der Waals surface area contributed by atoms with E-state index in [1.807, 2.05) is 0 Å². The third-order valence-electron chi connectivity index (χ3n) is 3.78. The minimum Gasteiger partial charge on any atom is -0.462 e. The van der Waals surface area contributed by atoms with Gasteiger partial charge in [-0.15, -0.1) is 0 Å². The molecule has 2 rings (SSSR count). The van der Waals surface area contributed by atoms with E-state index in [9.17, 15) is 24.5 Å². The number of nitro groups is 1. The summed E-state index contributed by atoms with van der Waals surface area (Å²) in [6.45, 7) is 3.62. The number of non-ortho nitro benzene ring substituents is 1. The molecule has 186 valence electrons. The van der Waals surface area contributed by atoms with E-state index in [4.69, 9.17) is 23.7 Å². The van der Waals surface area contributed by atoms with Crippen LogP contribution in [0.25, 0.3) is 0 Å². The van der Waals surface area contributed by atoms with Crippen LogP contribution in [0.15, 0.2) is 61.2 Å². The maximum atomic E-state index is 11.8. The first-order valence-electron chi connectivity index (χ1n) is 9.93. The third-order valence-corrected chi connectivity index (χ3v) is 6.11. The number of rotatable bonds is 13. The minimum absolute atomic E-state index is 0.0990. The van der Waals surface area contributed by atoms with Crippen molar-refractivity contribution >= 4 is 45.6 Å². The lowest BCUT2D eigenvalue weighted by molar-refractivity contribution is -0.384. The molecule has 0 radical (unpaired) electrons. The number of nitro benzene ring substituents is 1. The van der Waals surface area contributed by atoms with Gasteiger partial charge in [-0.3, -0.25) is 10.1 Å². The molecule has 2 aromatic carbocycles. The summed E-state index contributed by atoms with van der Waals surface area (Å²) in [4.78, 5) is 44.4. The average Bonchev–Trinajstić information content (AvgIpc) is 2.85. The molecule has 11 nitrogen and oxygen atoms in total. The van der Waals surface area contributed by atoms with Crippen molar-refractivity contribution in [3.63, 3.8) is 0 Å². The van der Waals surface area contributed by atoms with E-state index in [1.54, 1.807) is 12.1 Å². The molecule has 0 aliphatic rings. The summed E-state index contributed by atoms with van der Waals surface area (Å²) in [6.07, 6.45) is -0.732. The summed E-state index contributed by atoms with van der Waals surface area (Å²) in [5.41, 5.74) is 0.481. The molecule has 0 atom stereocenters. The molecule has 0 fully saturated rings. The van der Waals surface area contributed by atoms with Gasteiger partial charge in [0.1, 0.15) is 31.3 Å². The molecule has 0 aliphatic heterocycles. The molecule has 35 heavy (non-hydrogen) atoms. The number of hydrogen-bond donors (Lipinski definition) is 0. The van der Waals surface area contributed by atoms with Crippen LogP contribution in [0.4, 0.5) is 15.3 Å². The Balaban J connectivity index is 1.60. The first kappa shape index (κ1) is 27.5. The average molecular weight is 524 g/mol. The summed E-state index contributed by atoms with van der Waals surface area (Å²) in [6, 6.07) is 11.2. The number of hydrogen-bond acceptors (Lipinski definition) is 12. The predicted molar refractivity (Wildman–Crippen MR) is 128 cm³/mol. The number of esters is 1. The molecule has 0 amide bonds. The zero-order valence-electron chi connectivity index (χ0n) is 18.3. The highest BCUT2D eigenvalue weighted by Gasteiger charge is 2.10. The van der Waals surface area contributed by atoms with E-state index in [0.29, 0.717) is 17.1 Å². The van der Waals surface area contributed by atoms with E-state index in [0.717, 1.165) is 6.08 Å². The molecule has 0 bridgehead atoms. The van der Waals surface area contributed by atoms with Crippen LogP contribution in [0.3, 0.4) is 0 Å². The van der Waals surface area contributed by atoms with Gasteiger partial charge in [0.2, 0.25) is 0 Å². The maximum Gasteiger partial charge on any atom is 0.514 e. The Morgan fingerprint density at radius 1 is 0.829 bits per heavy atom. The van der Waals surface area contributed by atoms with Gasteiger partial charge in [0.15, 0.2) is 0 Å². The van der Waals surface area contributed by atoms with Crippen molar-refractivity contribution in [1.29, 1.82) is 0 Å². The Kier molecular flexibility index (Phi) is 12.0. The normalized spacial score (nSPS) is 10.1. The Labute approximate surface area is 208 Å². The number of nitrogens with zero attached hydrogens (tertiary/aromatic N) is 1. The zero-order valence-corrected chi connectivity index (χ0v) is 19.9. The molecule has 0 saturated carbocycles. The van der Waals surface area contributed by atoms with E-state index >= 15 is 0 Å². The fourth-order valence-electron chi connectivity index (χ4n) is 2.20. The topological polar surface area (TPSA) is 140 Å². The van der Waals surface area contributed by atoms with E-state index < -0.39 is 23.2 Å². The highest BCUT2D eigenvalue weighted by Crippen LogP contribution is 2.21. The van der Waals surface area contributed by atoms with Crippen LogP contribution in [0.2, 0.25) is 0 Å². The van der Waals surface area contributed by atoms with Gasteiger partial charge in [0.25, 0.3) is 5.69 Å². The lowest BCUT2D eigenvalue weighted by Crippen LogP contribution is -2.12. The second kappa shape index (κ2) is 15.2. The predicted octanol–water partition coefficient (Wildman–Crippen LogP) is 4.94. The van der Waals surface area contributed by atoms with Crippen molar-refractivity contribution < 1.29 is 43.0 Å². The van der Waals surface area contributed by atoms with Crippen LogP contribution in [0.1, 0.15) is 5.56 Å². The molecule has 0 unspecified atom stereocenters. The smallest absolute Gasteiger partial charge is 0.462 e. The first-order chi connectivity index (χ1) is 16.9. The van der Waals surface area contributed by atoms with E-state index in [2.05, 4.69) is 6.58 Å². The number of carbonyl (C=O) groups is 3. The van der Waals surface area contributed by atoms with Gasteiger partial charge in [-0.05, 0) is 29.8 Å². The summed E-state index contributed by atoms with van der Waals surface area (Å²) in [7, 11) is 2.94. The van der Waals surface area contributed by atoms with Gasteiger partial charge in [-0.25, -0.2) is 14.4 Å². The Bertz CT molecular complexity index is 1010. The standard InChI is InChI=1S/C22H21NO10S2/c1-2-20(24)29-11-13-34-35-14-12-30-21(25)32-18-7-3-16(4-8-18)15-31-22(26)33-19-9-5-17(6-10-19)23(27)28/h2-10H,1,11-15H2. The molecule has 13 heteroatoms. The van der Waals surface area contributed by atoms with Crippen LogP contribution in [0.5, 0.6) is 11.5 Å². The molecular weight excluding hydrogens is 502 g/mol. The quantitative estimate of drug-likeness (QED) is 0.0513. The summed E-state index contributed by atoms with van der Waals surface area (Å²) in [5, 5.41) is 10.6. The zero-order chi connectivity index (χ0) is 25.5. The van der Waals surface area contributed by atoms with Crippen molar-refractivity contribution in [1.82, 2.24) is 0 Å². The summed E-state index contributed by atoms with van der Waals surface area (Å²) >= 11 is 0. The van der Waals surface area contributed by atoms with E-state index in [-0.39, 0.29) is 37.0 Å². The van der Waals surface area contributed by atoms with Crippen molar-refractivity contribution in [3.8, 4) is 11.5 Å². The number of carbonyl (C=O) groups excluding carboxylic acids is 3. The van der Waals surface area contributed by atoms with Gasteiger partial charge < -0.3 is 23.7 Å². The van der Waals surface area contributed by atoms with Crippen molar-refractivity contribution in [3.05, 3.63) is 76.9 Å². The van der Waals surface area contributed by atoms with Crippen molar-refractivity contribution in [2.24, 2.45) is 0 Å². The maximum absolute atomic E-state index is 11.8. The van der Waals surface area contributed by atoms with Gasteiger partial charge in [0, 0.05) is 29.7 Å². The monoisotopic (exact) mass is 523 g/mol. The Hall–Kier alpha value is -3.71.